The summed E-state index contributed by atoms with van der Waals surface area (Å²) in [5, 5.41) is 7.49. The summed E-state index contributed by atoms with van der Waals surface area (Å²) in [4.78, 5) is 21.8. The van der Waals surface area contributed by atoms with Gasteiger partial charge in [0, 0.05) is 12.1 Å². The molecule has 1 aliphatic heterocycles. The average molecular weight is 182 g/mol. The van der Waals surface area contributed by atoms with Gasteiger partial charge in [0.2, 0.25) is 0 Å². The second-order valence-electron chi connectivity index (χ2n) is 2.48. The molecule has 1 heterocycles. The van der Waals surface area contributed by atoms with Crippen LogP contribution in [-0.2, 0) is 9.59 Å². The molecule has 0 aromatic heterocycles. The highest BCUT2D eigenvalue weighted by Crippen LogP contribution is 2.07. The van der Waals surface area contributed by atoms with Crippen LogP contribution in [0.15, 0.2) is 16.9 Å². The van der Waals surface area contributed by atoms with E-state index in [2.05, 4.69) is 10.4 Å². The van der Waals surface area contributed by atoms with Crippen LogP contribution in [0.2, 0.25) is 0 Å². The lowest BCUT2D eigenvalue weighted by Gasteiger charge is -1.95. The summed E-state index contributed by atoms with van der Waals surface area (Å²) in [6.45, 7) is 0. The minimum absolute atomic E-state index is 0.0844. The predicted molar refractivity (Wildman–Crippen MR) is 46.8 cm³/mol. The van der Waals surface area contributed by atoms with E-state index in [9.17, 15) is 9.59 Å². The van der Waals surface area contributed by atoms with Gasteiger partial charge in [-0.3, -0.25) is 9.59 Å². The number of hydrazone groups is 1. The maximum absolute atomic E-state index is 11.1. The van der Waals surface area contributed by atoms with Gasteiger partial charge in [-0.05, 0) is 5.10 Å². The summed E-state index contributed by atoms with van der Waals surface area (Å²) in [5.74, 6) is -0.951. The monoisotopic (exact) mass is 182 g/mol. The molecule has 0 aromatic rings. The summed E-state index contributed by atoms with van der Waals surface area (Å²) < 4.78 is 0. The first-order valence-corrected chi connectivity index (χ1v) is 3.62. The minimum atomic E-state index is -0.647. The van der Waals surface area contributed by atoms with Crippen LogP contribution >= 0.6 is 0 Å². The van der Waals surface area contributed by atoms with E-state index in [4.69, 9.17) is 5.73 Å². The second-order valence-corrected chi connectivity index (χ2v) is 2.48. The first kappa shape index (κ1) is 9.40. The summed E-state index contributed by atoms with van der Waals surface area (Å²) in [6.07, 6.45) is 1.35. The molecule has 3 N–H and O–H groups in total. The van der Waals surface area contributed by atoms with Crippen molar-refractivity contribution in [2.45, 2.75) is 0 Å². The van der Waals surface area contributed by atoms with Gasteiger partial charge in [0.25, 0.3) is 11.6 Å². The third-order valence-electron chi connectivity index (χ3n) is 1.59. The first-order chi connectivity index (χ1) is 6.06. The summed E-state index contributed by atoms with van der Waals surface area (Å²) in [7, 11) is 3.07. The highest BCUT2D eigenvalue weighted by molar-refractivity contribution is 6.44. The minimum Gasteiger partial charge on any atom is -0.364 e. The van der Waals surface area contributed by atoms with Crippen molar-refractivity contribution in [3.05, 3.63) is 11.8 Å². The largest absolute Gasteiger partial charge is 0.364 e. The van der Waals surface area contributed by atoms with E-state index in [0.717, 1.165) is 0 Å². The van der Waals surface area contributed by atoms with Crippen LogP contribution in [0, 0.1) is 0 Å². The predicted octanol–water partition coefficient (Wildman–Crippen LogP) is -1.76. The van der Waals surface area contributed by atoms with Crippen molar-refractivity contribution in [1.29, 1.82) is 0 Å². The van der Waals surface area contributed by atoms with Crippen LogP contribution < -0.4 is 16.1 Å². The molecule has 2 amide bonds. The molecule has 0 atom stereocenters. The Labute approximate surface area is 75.1 Å². The topological polar surface area (TPSA) is 90.5 Å². The Hall–Kier alpha value is -1.69. The summed E-state index contributed by atoms with van der Waals surface area (Å²) in [6, 6.07) is 0. The zero-order valence-electron chi connectivity index (χ0n) is 7.37. The number of nitrogens with one attached hydrogen (secondary N) is 1. The standard InChI is InChI=1S/C7H10N4O2/c1-9-7(13)5-3-4(6(8)12)10-11(5)2/h3H,1-2H3,(H2,8,12)(H,9,13)/q+1. The van der Waals surface area contributed by atoms with Crippen molar-refractivity contribution in [2.75, 3.05) is 14.1 Å². The lowest BCUT2D eigenvalue weighted by molar-refractivity contribution is -0.117. The molecule has 1 aliphatic rings. The van der Waals surface area contributed by atoms with E-state index >= 15 is 0 Å². The van der Waals surface area contributed by atoms with Crippen molar-refractivity contribution < 1.29 is 9.59 Å². The molecule has 0 aliphatic carbocycles. The molecule has 0 unspecified atom stereocenters. The molecule has 0 fully saturated rings. The highest BCUT2D eigenvalue weighted by atomic mass is 16.2. The summed E-state index contributed by atoms with van der Waals surface area (Å²) in [5.41, 5.74) is 5.38. The van der Waals surface area contributed by atoms with Crippen molar-refractivity contribution >= 4 is 17.5 Å². The highest BCUT2D eigenvalue weighted by Gasteiger charge is 2.32. The molecule has 6 nitrogen and oxygen atoms in total. The van der Waals surface area contributed by atoms with Gasteiger partial charge in [0.05, 0.1) is 6.08 Å². The van der Waals surface area contributed by atoms with Gasteiger partial charge in [0.1, 0.15) is 7.05 Å². The third kappa shape index (κ3) is 1.73. The fourth-order valence-corrected chi connectivity index (χ4v) is 0.928. The number of nitrogens with zero attached hydrogens (tertiary/aromatic N) is 2. The average Bonchev–Trinajstić information content (AvgIpc) is 2.46. The molecule has 1 rings (SSSR count). The van der Waals surface area contributed by atoms with E-state index in [1.54, 1.807) is 7.05 Å². The fourth-order valence-electron chi connectivity index (χ4n) is 0.928. The molecule has 0 saturated carbocycles. The van der Waals surface area contributed by atoms with Gasteiger partial charge >= 0.3 is 5.91 Å². The second kappa shape index (κ2) is 3.36. The smallest absolute Gasteiger partial charge is 0.313 e. The normalized spacial score (nSPS) is 16.5. The van der Waals surface area contributed by atoms with E-state index in [-0.39, 0.29) is 11.6 Å². The Bertz CT molecular complexity index is 318. The Balaban J connectivity index is 2.89. The number of rotatable bonds is 2. The fraction of sp³-hybridized carbons (Fsp3) is 0.286. The Kier molecular flexibility index (Phi) is 2.43. The Morgan fingerprint density at radius 3 is 2.62 bits per heavy atom. The number of hydrogen-bond acceptors (Lipinski definition) is 4. The SMILES string of the molecule is CNC(=O)C1=CC(C(N)=O)=N[N+]1C. The Morgan fingerprint density at radius 1 is 1.62 bits per heavy atom. The maximum atomic E-state index is 11.1. The lowest BCUT2D eigenvalue weighted by Crippen LogP contribution is -2.29. The van der Waals surface area contributed by atoms with Crippen molar-refractivity contribution in [2.24, 2.45) is 10.8 Å². The van der Waals surface area contributed by atoms with Crippen LogP contribution in [0.4, 0.5) is 0 Å². The van der Waals surface area contributed by atoms with Gasteiger partial charge in [-0.25, -0.2) is 0 Å². The quantitative estimate of drug-likeness (QED) is 0.495. The molecule has 0 aromatic carbocycles. The van der Waals surface area contributed by atoms with E-state index in [1.807, 2.05) is 0 Å². The molecule has 6 heteroatoms. The number of carbonyl (C=O) groups excluding carboxylic acids is 2. The molecular formula is C7H10N4O2+. The van der Waals surface area contributed by atoms with Crippen LogP contribution in [0.25, 0.3) is 0 Å². The van der Waals surface area contributed by atoms with Gasteiger partial charge in [-0.15, -0.1) is 0 Å². The van der Waals surface area contributed by atoms with Gasteiger partial charge in [0.15, 0.2) is 5.71 Å². The zero-order valence-corrected chi connectivity index (χ0v) is 7.37. The molecule has 0 spiro atoms. The van der Waals surface area contributed by atoms with E-state index in [1.165, 1.54) is 18.1 Å². The molecular weight excluding hydrogens is 172 g/mol. The summed E-state index contributed by atoms with van der Waals surface area (Å²) >= 11 is 0. The molecule has 0 saturated heterocycles. The number of hydrogen-bond donors (Lipinski definition) is 2. The van der Waals surface area contributed by atoms with Crippen LogP contribution in [0.5, 0.6) is 0 Å². The number of nitrogens with two attached hydrogens (primary N) is 1. The van der Waals surface area contributed by atoms with Crippen molar-refractivity contribution in [3.63, 3.8) is 0 Å². The first-order valence-electron chi connectivity index (χ1n) is 3.62. The number of amides is 2. The number of primary amides is 1. The molecule has 1 radical (unpaired) electrons. The number of likely N-dealkylation sites (N-methyl/N-ethyl adjacent to an activating group) is 2. The van der Waals surface area contributed by atoms with Gasteiger partial charge in [-0.1, -0.05) is 0 Å². The van der Waals surface area contributed by atoms with Gasteiger partial charge in [-0.2, -0.15) is 0 Å². The zero-order chi connectivity index (χ0) is 10.0. The van der Waals surface area contributed by atoms with Crippen LogP contribution in [0.3, 0.4) is 0 Å². The van der Waals surface area contributed by atoms with Gasteiger partial charge < -0.3 is 11.1 Å². The maximum Gasteiger partial charge on any atom is 0.313 e. The van der Waals surface area contributed by atoms with Crippen molar-refractivity contribution in [3.8, 4) is 0 Å². The lowest BCUT2D eigenvalue weighted by atomic mass is 10.3. The molecule has 69 valence electrons. The number of carbonyl (C=O) groups is 2. The third-order valence-corrected chi connectivity index (χ3v) is 1.59. The van der Waals surface area contributed by atoms with Crippen molar-refractivity contribution in [1.82, 2.24) is 10.3 Å². The van der Waals surface area contributed by atoms with E-state index < -0.39 is 5.91 Å². The van der Waals surface area contributed by atoms with E-state index in [0.29, 0.717) is 5.70 Å². The van der Waals surface area contributed by atoms with Crippen LogP contribution in [0.1, 0.15) is 0 Å². The molecule has 13 heavy (non-hydrogen) atoms. The van der Waals surface area contributed by atoms with Crippen LogP contribution in [-0.4, -0.2) is 31.6 Å². The Morgan fingerprint density at radius 2 is 2.23 bits per heavy atom. The molecule has 0 bridgehead atoms.